The van der Waals surface area contributed by atoms with Crippen molar-refractivity contribution in [1.82, 2.24) is 10.6 Å². The van der Waals surface area contributed by atoms with Crippen LogP contribution in [0.25, 0.3) is 0 Å². The van der Waals surface area contributed by atoms with Gasteiger partial charge in [0.25, 0.3) is 0 Å². The zero-order valence-electron chi connectivity index (χ0n) is 10.4. The first-order valence-corrected chi connectivity index (χ1v) is 6.48. The molecule has 2 N–H and O–H groups in total. The highest BCUT2D eigenvalue weighted by molar-refractivity contribution is 4.77. The molecule has 1 fully saturated rings. The van der Waals surface area contributed by atoms with Crippen LogP contribution < -0.4 is 10.6 Å². The fourth-order valence-electron chi connectivity index (χ4n) is 2.23. The molecule has 0 spiro atoms. The van der Waals surface area contributed by atoms with Crippen molar-refractivity contribution in [2.75, 3.05) is 19.6 Å². The standard InChI is InChI=1S/C12H23F3N2/c1-10-4-7-17-11(8-10)9-16-6-3-2-5-12(13,14)15/h10-11,16-17H,2-9H2,1H3. The molecule has 0 amide bonds. The van der Waals surface area contributed by atoms with Gasteiger partial charge in [-0.2, -0.15) is 13.2 Å². The Morgan fingerprint density at radius 2 is 2.06 bits per heavy atom. The van der Waals surface area contributed by atoms with Crippen molar-refractivity contribution in [3.8, 4) is 0 Å². The quantitative estimate of drug-likeness (QED) is 0.710. The first-order valence-electron chi connectivity index (χ1n) is 6.48. The van der Waals surface area contributed by atoms with Gasteiger partial charge in [0.2, 0.25) is 0 Å². The van der Waals surface area contributed by atoms with E-state index in [9.17, 15) is 13.2 Å². The number of rotatable bonds is 6. The molecule has 0 saturated carbocycles. The molecule has 5 heteroatoms. The van der Waals surface area contributed by atoms with Crippen molar-refractivity contribution in [2.24, 2.45) is 5.92 Å². The zero-order chi connectivity index (χ0) is 12.7. The lowest BCUT2D eigenvalue weighted by molar-refractivity contribution is -0.135. The van der Waals surface area contributed by atoms with Crippen LogP contribution in [0, 0.1) is 5.92 Å². The maximum absolute atomic E-state index is 11.9. The van der Waals surface area contributed by atoms with Crippen LogP contribution in [0.5, 0.6) is 0 Å². The average molecular weight is 252 g/mol. The number of hydrogen-bond acceptors (Lipinski definition) is 2. The van der Waals surface area contributed by atoms with Crippen LogP contribution in [0.1, 0.15) is 39.0 Å². The predicted octanol–water partition coefficient (Wildman–Crippen LogP) is 2.70. The SMILES string of the molecule is CC1CCNC(CNCCCCC(F)(F)F)C1. The van der Waals surface area contributed by atoms with E-state index >= 15 is 0 Å². The molecule has 0 aliphatic carbocycles. The Balaban J connectivity index is 1.93. The van der Waals surface area contributed by atoms with E-state index in [0.717, 1.165) is 25.4 Å². The van der Waals surface area contributed by atoms with Gasteiger partial charge in [0.05, 0.1) is 0 Å². The number of unbranched alkanes of at least 4 members (excludes halogenated alkanes) is 1. The number of halogens is 3. The van der Waals surface area contributed by atoms with Crippen molar-refractivity contribution in [1.29, 1.82) is 0 Å². The Kier molecular flexibility index (Phi) is 6.27. The van der Waals surface area contributed by atoms with Gasteiger partial charge in [0.1, 0.15) is 0 Å². The van der Waals surface area contributed by atoms with Crippen molar-refractivity contribution in [3.05, 3.63) is 0 Å². The van der Waals surface area contributed by atoms with Crippen LogP contribution in [0.15, 0.2) is 0 Å². The van der Waals surface area contributed by atoms with Crippen LogP contribution in [-0.4, -0.2) is 31.9 Å². The topological polar surface area (TPSA) is 24.1 Å². The summed E-state index contributed by atoms with van der Waals surface area (Å²) in [5.41, 5.74) is 0. The van der Waals surface area contributed by atoms with Crippen molar-refractivity contribution in [2.45, 2.75) is 51.2 Å². The molecule has 1 heterocycles. The first-order chi connectivity index (χ1) is 7.97. The van der Waals surface area contributed by atoms with Crippen LogP contribution in [0.2, 0.25) is 0 Å². The van der Waals surface area contributed by atoms with E-state index in [1.165, 1.54) is 6.42 Å². The normalized spacial score (nSPS) is 26.1. The van der Waals surface area contributed by atoms with E-state index in [4.69, 9.17) is 0 Å². The van der Waals surface area contributed by atoms with Crippen molar-refractivity contribution >= 4 is 0 Å². The summed E-state index contributed by atoms with van der Waals surface area (Å²) in [6.45, 7) is 4.86. The molecule has 1 saturated heterocycles. The smallest absolute Gasteiger partial charge is 0.315 e. The predicted molar refractivity (Wildman–Crippen MR) is 63.0 cm³/mol. The molecule has 17 heavy (non-hydrogen) atoms. The number of hydrogen-bond donors (Lipinski definition) is 2. The molecule has 0 bridgehead atoms. The molecule has 0 aromatic heterocycles. The molecule has 2 unspecified atom stereocenters. The first kappa shape index (κ1) is 14.8. The Hall–Kier alpha value is -0.290. The van der Waals surface area contributed by atoms with Gasteiger partial charge in [-0.05, 0) is 44.7 Å². The fraction of sp³-hybridized carbons (Fsp3) is 1.00. The molecule has 0 aromatic rings. The minimum Gasteiger partial charge on any atom is -0.315 e. The number of nitrogens with one attached hydrogen (secondary N) is 2. The van der Waals surface area contributed by atoms with Gasteiger partial charge in [-0.15, -0.1) is 0 Å². The van der Waals surface area contributed by atoms with Crippen molar-refractivity contribution in [3.63, 3.8) is 0 Å². The molecule has 102 valence electrons. The van der Waals surface area contributed by atoms with Crippen LogP contribution in [-0.2, 0) is 0 Å². The van der Waals surface area contributed by atoms with Crippen LogP contribution in [0.3, 0.4) is 0 Å². The second-order valence-corrected chi connectivity index (χ2v) is 5.06. The molecule has 1 aliphatic rings. The summed E-state index contributed by atoms with van der Waals surface area (Å²) in [7, 11) is 0. The Morgan fingerprint density at radius 3 is 2.71 bits per heavy atom. The summed E-state index contributed by atoms with van der Waals surface area (Å²) in [4.78, 5) is 0. The van der Waals surface area contributed by atoms with Gasteiger partial charge >= 0.3 is 6.18 Å². The van der Waals surface area contributed by atoms with Gasteiger partial charge in [-0.1, -0.05) is 6.92 Å². The summed E-state index contributed by atoms with van der Waals surface area (Å²) in [5.74, 6) is 0.758. The third-order valence-electron chi connectivity index (χ3n) is 3.21. The third kappa shape index (κ3) is 7.60. The second kappa shape index (κ2) is 7.21. The van der Waals surface area contributed by atoms with Gasteiger partial charge in [-0.25, -0.2) is 0 Å². The van der Waals surface area contributed by atoms with Crippen LogP contribution in [0.4, 0.5) is 13.2 Å². The Bertz CT molecular complexity index is 206. The second-order valence-electron chi connectivity index (χ2n) is 5.06. The van der Waals surface area contributed by atoms with Crippen LogP contribution >= 0.6 is 0 Å². The molecular formula is C12H23F3N2. The highest BCUT2D eigenvalue weighted by atomic mass is 19.4. The van der Waals surface area contributed by atoms with Gasteiger partial charge in [0, 0.05) is 19.0 Å². The highest BCUT2D eigenvalue weighted by Gasteiger charge is 2.25. The number of alkyl halides is 3. The Labute approximate surface area is 101 Å². The lowest BCUT2D eigenvalue weighted by Crippen LogP contribution is -2.44. The largest absolute Gasteiger partial charge is 0.389 e. The summed E-state index contributed by atoms with van der Waals surface area (Å²) < 4.78 is 35.6. The molecule has 0 radical (unpaired) electrons. The summed E-state index contributed by atoms with van der Waals surface area (Å²) >= 11 is 0. The van der Waals surface area contributed by atoms with Crippen molar-refractivity contribution < 1.29 is 13.2 Å². The average Bonchev–Trinajstić information content (AvgIpc) is 2.22. The highest BCUT2D eigenvalue weighted by Crippen LogP contribution is 2.21. The fourth-order valence-corrected chi connectivity index (χ4v) is 2.23. The zero-order valence-corrected chi connectivity index (χ0v) is 10.4. The maximum atomic E-state index is 11.9. The van der Waals surface area contributed by atoms with Gasteiger partial charge in [-0.3, -0.25) is 0 Å². The van der Waals surface area contributed by atoms with Gasteiger partial charge < -0.3 is 10.6 Å². The Morgan fingerprint density at radius 1 is 1.29 bits per heavy atom. The lowest BCUT2D eigenvalue weighted by Gasteiger charge is -2.28. The molecule has 2 nitrogen and oxygen atoms in total. The van der Waals surface area contributed by atoms with E-state index in [-0.39, 0.29) is 6.42 Å². The molecule has 0 aromatic carbocycles. The molecular weight excluding hydrogens is 229 g/mol. The monoisotopic (exact) mass is 252 g/mol. The maximum Gasteiger partial charge on any atom is 0.389 e. The number of piperidine rings is 1. The minimum absolute atomic E-state index is 0.227. The lowest BCUT2D eigenvalue weighted by atomic mass is 9.94. The summed E-state index contributed by atoms with van der Waals surface area (Å²) in [6, 6.07) is 0.487. The van der Waals surface area contributed by atoms with E-state index in [0.29, 0.717) is 19.0 Å². The molecule has 2 atom stereocenters. The van der Waals surface area contributed by atoms with Gasteiger partial charge in [0.15, 0.2) is 0 Å². The summed E-state index contributed by atoms with van der Waals surface area (Å²) in [5, 5.41) is 6.65. The minimum atomic E-state index is -4.00. The molecule has 1 rings (SSSR count). The van der Waals surface area contributed by atoms with E-state index in [2.05, 4.69) is 17.6 Å². The van der Waals surface area contributed by atoms with E-state index in [1.54, 1.807) is 0 Å². The molecule has 1 aliphatic heterocycles. The summed E-state index contributed by atoms with van der Waals surface area (Å²) in [6.07, 6.45) is -1.45. The van der Waals surface area contributed by atoms with E-state index < -0.39 is 12.6 Å². The third-order valence-corrected chi connectivity index (χ3v) is 3.21. The van der Waals surface area contributed by atoms with E-state index in [1.807, 2.05) is 0 Å².